The van der Waals surface area contributed by atoms with Crippen LogP contribution < -0.4 is 0 Å². The van der Waals surface area contributed by atoms with Crippen molar-refractivity contribution in [2.24, 2.45) is 0 Å². The summed E-state index contributed by atoms with van der Waals surface area (Å²) in [5, 5.41) is 5.40. The molecule has 6 aromatic rings. The molecule has 0 aliphatic rings. The Hall–Kier alpha value is -2.22. The first-order chi connectivity index (χ1) is 20.9. The summed E-state index contributed by atoms with van der Waals surface area (Å²) in [5.74, 6) is 0. The molecular formula is C40H44Cl2SiZr. The monoisotopic (exact) mass is 712 g/mol. The van der Waals surface area contributed by atoms with E-state index in [4.69, 9.17) is 17.0 Å². The molecule has 0 atom stereocenters. The molecule has 0 aliphatic heterocycles. The second kappa shape index (κ2) is 16.9. The van der Waals surface area contributed by atoms with Crippen LogP contribution in [0.3, 0.4) is 0 Å². The van der Waals surface area contributed by atoms with Gasteiger partial charge in [0, 0.05) is 9.52 Å². The minimum absolute atomic E-state index is 0.201. The molecule has 0 N–H and O–H groups in total. The molecule has 0 heterocycles. The van der Waals surface area contributed by atoms with Crippen LogP contribution in [0, 0.1) is 0 Å². The fourth-order valence-electron chi connectivity index (χ4n) is 5.07. The molecule has 2 radical (unpaired) electrons. The third-order valence-electron chi connectivity index (χ3n) is 7.40. The zero-order valence-corrected chi connectivity index (χ0v) is 32.3. The molecule has 0 bridgehead atoms. The van der Waals surface area contributed by atoms with Gasteiger partial charge in [0.15, 0.2) is 0 Å². The summed E-state index contributed by atoms with van der Waals surface area (Å²) >= 11 is -0.826. The Balaban J connectivity index is 0.000000204. The van der Waals surface area contributed by atoms with Crippen LogP contribution in [0.4, 0.5) is 0 Å². The second-order valence-corrected chi connectivity index (χ2v) is 17.6. The summed E-state index contributed by atoms with van der Waals surface area (Å²) in [5.41, 5.74) is 8.46. The van der Waals surface area contributed by atoms with Crippen LogP contribution in [-0.2, 0) is 31.7 Å². The van der Waals surface area contributed by atoms with Crippen LogP contribution in [0.25, 0.3) is 43.8 Å². The maximum atomic E-state index is 4.93. The molecule has 0 fully saturated rings. The van der Waals surface area contributed by atoms with Gasteiger partial charge in [-0.05, 0) is 22.0 Å². The summed E-state index contributed by atoms with van der Waals surface area (Å²) in [4.78, 5) is 0. The van der Waals surface area contributed by atoms with E-state index in [1.807, 2.05) is 0 Å². The van der Waals surface area contributed by atoms with Gasteiger partial charge in [0.1, 0.15) is 0 Å². The standard InChI is InChI=1S/2C19H19.C2H6Si.2ClH.Zr/c2*1-19(2,3)16-12-15-10-7-11-17(18(15)13-16)14-8-5-4-6-9-14;1-3-2;;;/h2*4-13H,1-3H3;1-2H3;2*1H;/q2*-1;;;;+4/p-2. The molecule has 4 heteroatoms. The van der Waals surface area contributed by atoms with Crippen molar-refractivity contribution in [1.29, 1.82) is 0 Å². The molecule has 0 spiro atoms. The van der Waals surface area contributed by atoms with Gasteiger partial charge in [0.25, 0.3) is 0 Å². The quantitative estimate of drug-likeness (QED) is 0.124. The molecule has 0 aromatic heterocycles. The first kappa shape index (κ1) is 36.3. The van der Waals surface area contributed by atoms with E-state index in [9.17, 15) is 0 Å². The van der Waals surface area contributed by atoms with Crippen molar-refractivity contribution in [3.05, 3.63) is 132 Å². The Morgan fingerprint density at radius 3 is 1.14 bits per heavy atom. The summed E-state index contributed by atoms with van der Waals surface area (Å²) in [6, 6.07) is 43.7. The molecule has 0 unspecified atom stereocenters. The molecule has 226 valence electrons. The maximum absolute atomic E-state index is 4.93. The van der Waals surface area contributed by atoms with Gasteiger partial charge in [-0.3, -0.25) is 0 Å². The molecule has 0 saturated heterocycles. The third kappa shape index (κ3) is 9.89. The van der Waals surface area contributed by atoms with Gasteiger partial charge in [0.05, 0.1) is 0 Å². The van der Waals surface area contributed by atoms with Crippen molar-refractivity contribution in [3.8, 4) is 22.3 Å². The van der Waals surface area contributed by atoms with Crippen molar-refractivity contribution < 1.29 is 20.8 Å². The van der Waals surface area contributed by atoms with Crippen LogP contribution >= 0.6 is 17.0 Å². The molecule has 0 aliphatic carbocycles. The number of fused-ring (bicyclic) bond motifs is 2. The Bertz CT molecular complexity index is 1570. The SMILES string of the molecule is CC(C)(C)c1cc2c(-c3ccccc3)cccc2[cH-]1.CC(C)(C)c1cc2c(-c3ccccc3)cccc2[cH-]1.C[Si]C.[Cl][Zr+2][Cl]. The van der Waals surface area contributed by atoms with Gasteiger partial charge in [-0.15, -0.1) is 69.1 Å². The van der Waals surface area contributed by atoms with E-state index in [2.05, 4.69) is 176 Å². The normalized spacial score (nSPS) is 11.0. The van der Waals surface area contributed by atoms with Gasteiger partial charge in [-0.1, -0.05) is 139 Å². The fraction of sp³-hybridized carbons (Fsp3) is 0.250. The van der Waals surface area contributed by atoms with Crippen molar-refractivity contribution >= 4 is 48.1 Å². The summed E-state index contributed by atoms with van der Waals surface area (Å²) in [7, 11) is 11.0. The van der Waals surface area contributed by atoms with Crippen molar-refractivity contribution in [3.63, 3.8) is 0 Å². The molecule has 44 heavy (non-hydrogen) atoms. The fourth-order valence-corrected chi connectivity index (χ4v) is 5.07. The van der Waals surface area contributed by atoms with Crippen molar-refractivity contribution in [1.82, 2.24) is 0 Å². The molecule has 6 rings (SSSR count). The molecule has 0 saturated carbocycles. The number of halogens is 2. The minimum atomic E-state index is -0.826. The average molecular weight is 715 g/mol. The average Bonchev–Trinajstić information content (AvgIpc) is 3.65. The predicted molar refractivity (Wildman–Crippen MR) is 197 cm³/mol. The molecular weight excluding hydrogens is 671 g/mol. The second-order valence-electron chi connectivity index (χ2n) is 12.9. The van der Waals surface area contributed by atoms with Crippen LogP contribution in [0.1, 0.15) is 52.7 Å². The van der Waals surface area contributed by atoms with Gasteiger partial charge >= 0.3 is 37.9 Å². The summed E-state index contributed by atoms with van der Waals surface area (Å²) in [6.45, 7) is 17.9. The molecule has 0 nitrogen and oxygen atoms in total. The number of rotatable bonds is 2. The van der Waals surface area contributed by atoms with E-state index in [-0.39, 0.29) is 10.8 Å². The van der Waals surface area contributed by atoms with Gasteiger partial charge in [-0.25, -0.2) is 0 Å². The molecule has 0 amide bonds. The topological polar surface area (TPSA) is 0 Å². The molecule has 6 aromatic carbocycles. The Labute approximate surface area is 287 Å². The summed E-state index contributed by atoms with van der Waals surface area (Å²) < 4.78 is 0. The first-order valence-electron chi connectivity index (χ1n) is 15.0. The predicted octanol–water partition coefficient (Wildman–Crippen LogP) is 13.2. The van der Waals surface area contributed by atoms with Crippen LogP contribution in [0.2, 0.25) is 13.1 Å². The van der Waals surface area contributed by atoms with E-state index >= 15 is 0 Å². The Kier molecular flexibility index (Phi) is 13.9. The number of benzene rings is 4. The van der Waals surface area contributed by atoms with Crippen molar-refractivity contribution in [2.45, 2.75) is 65.5 Å². The van der Waals surface area contributed by atoms with Crippen molar-refractivity contribution in [2.75, 3.05) is 0 Å². The van der Waals surface area contributed by atoms with Gasteiger partial charge in [0.2, 0.25) is 0 Å². The van der Waals surface area contributed by atoms with E-state index < -0.39 is 20.8 Å². The van der Waals surface area contributed by atoms with E-state index in [1.54, 1.807) is 0 Å². The summed E-state index contributed by atoms with van der Waals surface area (Å²) in [6.07, 6.45) is 0. The number of hydrogen-bond donors (Lipinski definition) is 0. The zero-order valence-electron chi connectivity index (χ0n) is 27.3. The van der Waals surface area contributed by atoms with Gasteiger partial charge in [-0.2, -0.15) is 12.1 Å². The third-order valence-corrected chi connectivity index (χ3v) is 7.40. The van der Waals surface area contributed by atoms with E-state index in [0.717, 1.165) is 9.52 Å². The van der Waals surface area contributed by atoms with E-state index in [1.165, 1.54) is 54.9 Å². The van der Waals surface area contributed by atoms with Crippen LogP contribution in [0.15, 0.2) is 121 Å². The Morgan fingerprint density at radius 2 is 0.841 bits per heavy atom. The first-order valence-corrected chi connectivity index (χ1v) is 23.3. The van der Waals surface area contributed by atoms with Gasteiger partial charge < -0.3 is 0 Å². The van der Waals surface area contributed by atoms with E-state index in [0.29, 0.717) is 0 Å². The van der Waals surface area contributed by atoms with Crippen LogP contribution in [-0.4, -0.2) is 9.52 Å². The Morgan fingerprint density at radius 1 is 0.523 bits per heavy atom. The van der Waals surface area contributed by atoms with Crippen LogP contribution in [0.5, 0.6) is 0 Å². The zero-order chi connectivity index (χ0) is 32.3. The number of hydrogen-bond acceptors (Lipinski definition) is 0.